The van der Waals surface area contributed by atoms with E-state index in [1.807, 2.05) is 30.3 Å². The van der Waals surface area contributed by atoms with Crippen molar-refractivity contribution in [1.29, 1.82) is 0 Å². The molecule has 5 heteroatoms. The summed E-state index contributed by atoms with van der Waals surface area (Å²) < 4.78 is 0. The Morgan fingerprint density at radius 3 is 2.39 bits per heavy atom. The molecule has 0 aromatic heterocycles. The van der Waals surface area contributed by atoms with Gasteiger partial charge in [0.05, 0.1) is 6.42 Å². The number of carbonyl (C=O) groups is 2. The van der Waals surface area contributed by atoms with E-state index in [-0.39, 0.29) is 5.91 Å². The smallest absolute Gasteiger partial charge is 0.248 e. The lowest BCUT2D eigenvalue weighted by molar-refractivity contribution is -0.117. The Kier molecular flexibility index (Phi) is 4.12. The van der Waals surface area contributed by atoms with Gasteiger partial charge in [0, 0.05) is 24.3 Å². The lowest BCUT2D eigenvalue weighted by atomic mass is 10.1. The summed E-state index contributed by atoms with van der Waals surface area (Å²) in [4.78, 5) is 25.7. The zero-order valence-electron chi connectivity index (χ0n) is 12.8. The topological polar surface area (TPSA) is 89.4 Å². The number of anilines is 1. The van der Waals surface area contributed by atoms with E-state index in [1.54, 1.807) is 17.0 Å². The number of primary amides is 1. The van der Waals surface area contributed by atoms with Crippen LogP contribution in [0.5, 0.6) is 0 Å². The zero-order chi connectivity index (χ0) is 16.4. The molecule has 118 valence electrons. The number of rotatable bonds is 4. The molecule has 5 nitrogen and oxygen atoms in total. The van der Waals surface area contributed by atoms with Crippen molar-refractivity contribution in [3.63, 3.8) is 0 Å². The Hall–Kier alpha value is -2.66. The minimum atomic E-state index is -0.482. The molecule has 0 aliphatic carbocycles. The van der Waals surface area contributed by atoms with Crippen LogP contribution in [0.15, 0.2) is 42.5 Å². The summed E-state index contributed by atoms with van der Waals surface area (Å²) >= 11 is 0. The maximum atomic E-state index is 12.6. The zero-order valence-corrected chi connectivity index (χ0v) is 12.8. The number of nitrogens with zero attached hydrogens (tertiary/aromatic N) is 1. The molecule has 0 unspecified atom stereocenters. The molecule has 4 N–H and O–H groups in total. The van der Waals surface area contributed by atoms with Gasteiger partial charge in [-0.25, -0.2) is 0 Å². The Bertz CT molecular complexity index is 753. The first-order valence-electron chi connectivity index (χ1n) is 7.59. The Morgan fingerprint density at radius 2 is 1.74 bits per heavy atom. The van der Waals surface area contributed by atoms with Crippen LogP contribution in [0.4, 0.5) is 5.69 Å². The number of hydrogen-bond acceptors (Lipinski definition) is 3. The average Bonchev–Trinajstić information content (AvgIpc) is 2.98. The predicted octanol–water partition coefficient (Wildman–Crippen LogP) is 1.38. The van der Waals surface area contributed by atoms with Gasteiger partial charge in [0.25, 0.3) is 0 Å². The first-order valence-corrected chi connectivity index (χ1v) is 7.59. The van der Waals surface area contributed by atoms with Gasteiger partial charge in [-0.1, -0.05) is 30.3 Å². The van der Waals surface area contributed by atoms with Crippen LogP contribution in [-0.4, -0.2) is 18.4 Å². The van der Waals surface area contributed by atoms with Gasteiger partial charge >= 0.3 is 0 Å². The van der Waals surface area contributed by atoms with E-state index in [4.69, 9.17) is 11.5 Å². The molecule has 0 bridgehead atoms. The quantitative estimate of drug-likeness (QED) is 0.894. The van der Waals surface area contributed by atoms with E-state index in [9.17, 15) is 9.59 Å². The number of amides is 2. The molecule has 2 aromatic carbocycles. The number of hydrogen-bond donors (Lipinski definition) is 2. The van der Waals surface area contributed by atoms with Crippen molar-refractivity contribution >= 4 is 17.5 Å². The maximum absolute atomic E-state index is 12.6. The van der Waals surface area contributed by atoms with E-state index in [0.29, 0.717) is 25.1 Å². The number of benzene rings is 2. The first kappa shape index (κ1) is 15.2. The molecule has 0 fully saturated rings. The van der Waals surface area contributed by atoms with Crippen LogP contribution >= 0.6 is 0 Å². The fraction of sp³-hybridized carbons (Fsp3) is 0.222. The largest absolute Gasteiger partial charge is 0.366 e. The van der Waals surface area contributed by atoms with Crippen molar-refractivity contribution < 1.29 is 9.59 Å². The van der Waals surface area contributed by atoms with Crippen molar-refractivity contribution in [3.05, 3.63) is 64.7 Å². The van der Waals surface area contributed by atoms with Gasteiger partial charge in [-0.15, -0.1) is 0 Å². The monoisotopic (exact) mass is 309 g/mol. The van der Waals surface area contributed by atoms with Crippen molar-refractivity contribution in [2.24, 2.45) is 11.5 Å². The van der Waals surface area contributed by atoms with Crippen LogP contribution in [0.2, 0.25) is 0 Å². The first-order chi connectivity index (χ1) is 11.1. The average molecular weight is 309 g/mol. The third-order valence-electron chi connectivity index (χ3n) is 4.18. The molecular formula is C18H19N3O2. The van der Waals surface area contributed by atoms with Crippen LogP contribution in [0.1, 0.15) is 27.0 Å². The third-order valence-corrected chi connectivity index (χ3v) is 4.18. The fourth-order valence-corrected chi connectivity index (χ4v) is 2.85. The van der Waals surface area contributed by atoms with Gasteiger partial charge in [0.15, 0.2) is 0 Å². The maximum Gasteiger partial charge on any atom is 0.248 e. The molecular weight excluding hydrogens is 290 g/mol. The molecule has 0 spiro atoms. The van der Waals surface area contributed by atoms with Crippen molar-refractivity contribution in [2.45, 2.75) is 19.4 Å². The van der Waals surface area contributed by atoms with E-state index in [0.717, 1.165) is 28.8 Å². The van der Waals surface area contributed by atoms with Crippen LogP contribution < -0.4 is 16.4 Å². The summed E-state index contributed by atoms with van der Waals surface area (Å²) in [7, 11) is 0. The summed E-state index contributed by atoms with van der Waals surface area (Å²) in [6, 6.07) is 13.0. The Morgan fingerprint density at radius 1 is 1.04 bits per heavy atom. The van der Waals surface area contributed by atoms with Crippen LogP contribution in [0.25, 0.3) is 0 Å². The highest BCUT2D eigenvalue weighted by Gasteiger charge is 2.25. The molecule has 23 heavy (non-hydrogen) atoms. The number of nitrogens with two attached hydrogens (primary N) is 2. The number of carbonyl (C=O) groups excluding carboxylic acids is 2. The van der Waals surface area contributed by atoms with Crippen LogP contribution in [0.3, 0.4) is 0 Å². The molecule has 0 atom stereocenters. The fourth-order valence-electron chi connectivity index (χ4n) is 2.85. The van der Waals surface area contributed by atoms with Gasteiger partial charge in [-0.05, 0) is 35.2 Å². The molecule has 2 aromatic rings. The molecule has 1 aliphatic heterocycles. The Balaban J connectivity index is 1.79. The molecule has 0 radical (unpaired) electrons. The molecule has 2 amide bonds. The summed E-state index contributed by atoms with van der Waals surface area (Å²) in [5.74, 6) is -0.463. The molecule has 1 heterocycles. The van der Waals surface area contributed by atoms with Gasteiger partial charge < -0.3 is 16.4 Å². The van der Waals surface area contributed by atoms with E-state index in [1.165, 1.54) is 0 Å². The second-order valence-corrected chi connectivity index (χ2v) is 5.70. The SMILES string of the molecule is NCc1ccc(CC(=O)N2CCc3ccc(C(N)=O)cc32)cc1. The predicted molar refractivity (Wildman–Crippen MR) is 89.1 cm³/mol. The Labute approximate surface area is 134 Å². The van der Waals surface area contributed by atoms with Gasteiger partial charge in [-0.3, -0.25) is 9.59 Å². The lowest BCUT2D eigenvalue weighted by Crippen LogP contribution is -2.30. The van der Waals surface area contributed by atoms with E-state index >= 15 is 0 Å². The highest BCUT2D eigenvalue weighted by molar-refractivity contribution is 5.99. The summed E-state index contributed by atoms with van der Waals surface area (Å²) in [6.45, 7) is 1.13. The highest BCUT2D eigenvalue weighted by atomic mass is 16.2. The summed E-state index contributed by atoms with van der Waals surface area (Å²) in [5, 5.41) is 0. The van der Waals surface area contributed by atoms with Gasteiger partial charge in [0.1, 0.15) is 0 Å². The third kappa shape index (κ3) is 3.10. The highest BCUT2D eigenvalue weighted by Crippen LogP contribution is 2.29. The number of fused-ring (bicyclic) bond motifs is 1. The van der Waals surface area contributed by atoms with Gasteiger partial charge in [-0.2, -0.15) is 0 Å². The normalized spacial score (nSPS) is 13.0. The van der Waals surface area contributed by atoms with E-state index < -0.39 is 5.91 Å². The van der Waals surface area contributed by atoms with Gasteiger partial charge in [0.2, 0.25) is 11.8 Å². The molecule has 0 saturated carbocycles. The minimum Gasteiger partial charge on any atom is -0.366 e. The summed E-state index contributed by atoms with van der Waals surface area (Å²) in [5.41, 5.74) is 15.2. The second kappa shape index (κ2) is 6.22. The standard InChI is InChI=1S/C18H19N3O2/c19-11-13-3-1-12(2-4-13)9-17(22)21-8-7-14-5-6-15(18(20)23)10-16(14)21/h1-6,10H,7-9,11,19H2,(H2,20,23). The lowest BCUT2D eigenvalue weighted by Gasteiger charge is -2.18. The molecule has 0 saturated heterocycles. The van der Waals surface area contributed by atoms with Crippen molar-refractivity contribution in [1.82, 2.24) is 0 Å². The van der Waals surface area contributed by atoms with Crippen molar-refractivity contribution in [2.75, 3.05) is 11.4 Å². The molecule has 1 aliphatic rings. The minimum absolute atomic E-state index is 0.0193. The second-order valence-electron chi connectivity index (χ2n) is 5.70. The van der Waals surface area contributed by atoms with Crippen molar-refractivity contribution in [3.8, 4) is 0 Å². The van der Waals surface area contributed by atoms with Crippen LogP contribution in [0, 0.1) is 0 Å². The molecule has 3 rings (SSSR count). The summed E-state index contributed by atoms with van der Waals surface area (Å²) in [6.07, 6.45) is 1.12. The van der Waals surface area contributed by atoms with E-state index in [2.05, 4.69) is 0 Å². The van der Waals surface area contributed by atoms with Crippen LogP contribution in [-0.2, 0) is 24.2 Å².